The lowest BCUT2D eigenvalue weighted by Gasteiger charge is -2.26. The first-order chi connectivity index (χ1) is 15.8. The number of thioether (sulfide) groups is 1. The maximum Gasteiger partial charge on any atom is 0.238 e. The van der Waals surface area contributed by atoms with E-state index in [1.54, 1.807) is 11.8 Å². The number of rotatable bonds is 6. The van der Waals surface area contributed by atoms with Gasteiger partial charge in [-0.25, -0.2) is 0 Å². The van der Waals surface area contributed by atoms with E-state index in [1.807, 2.05) is 71.6 Å². The normalized spacial score (nSPS) is 16.2. The molecule has 1 aliphatic heterocycles. The zero-order valence-corrected chi connectivity index (χ0v) is 20.2. The topological polar surface area (TPSA) is 49.4 Å². The SMILES string of the molecule is CC(C)(C)c1ccc(N2C(=O)CS[C@H]2c2cccc(NC(=O)CCc3ccccc3)c2)cc1. The second-order valence-corrected chi connectivity index (χ2v) is 10.5. The number of benzene rings is 3. The number of aryl methyl sites for hydroxylation is 1. The van der Waals surface area contributed by atoms with Gasteiger partial charge in [0.25, 0.3) is 0 Å². The van der Waals surface area contributed by atoms with Crippen molar-refractivity contribution in [2.75, 3.05) is 16.0 Å². The highest BCUT2D eigenvalue weighted by Crippen LogP contribution is 2.42. The van der Waals surface area contributed by atoms with Gasteiger partial charge in [-0.3, -0.25) is 14.5 Å². The number of nitrogens with one attached hydrogen (secondary N) is 1. The molecule has 0 spiro atoms. The van der Waals surface area contributed by atoms with Crippen molar-refractivity contribution in [1.82, 2.24) is 0 Å². The molecule has 1 aliphatic rings. The summed E-state index contributed by atoms with van der Waals surface area (Å²) >= 11 is 1.62. The largest absolute Gasteiger partial charge is 0.326 e. The molecule has 0 unspecified atom stereocenters. The molecular formula is C28H30N2O2S. The minimum Gasteiger partial charge on any atom is -0.326 e. The molecule has 1 heterocycles. The van der Waals surface area contributed by atoms with Gasteiger partial charge in [-0.2, -0.15) is 0 Å². The Hall–Kier alpha value is -3.05. The highest BCUT2D eigenvalue weighted by atomic mass is 32.2. The van der Waals surface area contributed by atoms with E-state index in [-0.39, 0.29) is 22.6 Å². The Morgan fingerprint density at radius 2 is 1.73 bits per heavy atom. The van der Waals surface area contributed by atoms with Crippen molar-refractivity contribution in [3.05, 3.63) is 95.6 Å². The highest BCUT2D eigenvalue weighted by Gasteiger charge is 2.34. The van der Waals surface area contributed by atoms with Gasteiger partial charge in [0, 0.05) is 17.8 Å². The summed E-state index contributed by atoms with van der Waals surface area (Å²) in [5, 5.41) is 2.90. The van der Waals surface area contributed by atoms with Crippen molar-refractivity contribution in [3.8, 4) is 0 Å². The van der Waals surface area contributed by atoms with Gasteiger partial charge in [-0.15, -0.1) is 11.8 Å². The zero-order valence-electron chi connectivity index (χ0n) is 19.4. The van der Waals surface area contributed by atoms with Crippen molar-refractivity contribution in [2.24, 2.45) is 0 Å². The van der Waals surface area contributed by atoms with Crippen molar-refractivity contribution in [2.45, 2.75) is 44.4 Å². The fourth-order valence-electron chi connectivity index (χ4n) is 3.97. The summed E-state index contributed by atoms with van der Waals surface area (Å²) in [5.41, 5.74) is 5.12. The molecule has 1 fully saturated rings. The molecule has 0 aromatic heterocycles. The molecule has 1 saturated heterocycles. The average Bonchev–Trinajstić information content (AvgIpc) is 3.19. The van der Waals surface area contributed by atoms with Gasteiger partial charge in [0.05, 0.1) is 5.75 Å². The van der Waals surface area contributed by atoms with Gasteiger partial charge in [-0.05, 0) is 52.8 Å². The van der Waals surface area contributed by atoms with Crippen molar-refractivity contribution >= 4 is 35.0 Å². The molecule has 0 radical (unpaired) electrons. The molecule has 4 rings (SSSR count). The van der Waals surface area contributed by atoms with Crippen LogP contribution >= 0.6 is 11.8 Å². The smallest absolute Gasteiger partial charge is 0.238 e. The standard InChI is InChI=1S/C28H30N2O2S/c1-28(2,3)22-13-15-24(16-14-22)30-26(32)19-33-27(30)21-10-7-11-23(18-21)29-25(31)17-12-20-8-5-4-6-9-20/h4-11,13-16,18,27H,12,17,19H2,1-3H3,(H,29,31)/t27-/m0/s1. The zero-order chi connectivity index (χ0) is 23.4. The van der Waals surface area contributed by atoms with Gasteiger partial charge < -0.3 is 5.32 Å². The van der Waals surface area contributed by atoms with Crippen LogP contribution in [0.4, 0.5) is 11.4 Å². The Balaban J connectivity index is 1.47. The number of anilines is 2. The second-order valence-electron chi connectivity index (χ2n) is 9.38. The van der Waals surface area contributed by atoms with Crippen LogP contribution in [0.3, 0.4) is 0 Å². The molecule has 170 valence electrons. The van der Waals surface area contributed by atoms with Crippen molar-refractivity contribution in [1.29, 1.82) is 0 Å². The minimum absolute atomic E-state index is 0.0132. The Kier molecular flexibility index (Phi) is 6.89. The van der Waals surface area contributed by atoms with Crippen LogP contribution < -0.4 is 10.2 Å². The summed E-state index contributed by atoms with van der Waals surface area (Å²) in [5.74, 6) is 0.533. The summed E-state index contributed by atoms with van der Waals surface area (Å²) in [6.45, 7) is 6.55. The number of nitrogens with zero attached hydrogens (tertiary/aromatic N) is 1. The summed E-state index contributed by atoms with van der Waals surface area (Å²) in [4.78, 5) is 27.1. The molecule has 5 heteroatoms. The van der Waals surface area contributed by atoms with Gasteiger partial charge >= 0.3 is 0 Å². The van der Waals surface area contributed by atoms with Gasteiger partial charge in [-0.1, -0.05) is 75.4 Å². The molecule has 3 aromatic rings. The van der Waals surface area contributed by atoms with E-state index in [0.717, 1.165) is 22.5 Å². The van der Waals surface area contributed by atoms with Crippen molar-refractivity contribution < 1.29 is 9.59 Å². The first kappa shape index (κ1) is 23.1. The third-order valence-corrected chi connectivity index (χ3v) is 7.03. The van der Waals surface area contributed by atoms with E-state index in [1.165, 1.54) is 5.56 Å². The van der Waals surface area contributed by atoms with Crippen LogP contribution in [-0.4, -0.2) is 17.6 Å². The fourth-order valence-corrected chi connectivity index (χ4v) is 5.13. The Morgan fingerprint density at radius 3 is 2.42 bits per heavy atom. The molecule has 4 nitrogen and oxygen atoms in total. The molecule has 0 bridgehead atoms. The number of carbonyl (C=O) groups is 2. The van der Waals surface area contributed by atoms with Crippen LogP contribution in [0.5, 0.6) is 0 Å². The molecule has 0 saturated carbocycles. The monoisotopic (exact) mass is 458 g/mol. The third-order valence-electron chi connectivity index (χ3n) is 5.82. The van der Waals surface area contributed by atoms with E-state index >= 15 is 0 Å². The highest BCUT2D eigenvalue weighted by molar-refractivity contribution is 8.00. The van der Waals surface area contributed by atoms with E-state index < -0.39 is 0 Å². The van der Waals surface area contributed by atoms with E-state index in [2.05, 4.69) is 38.2 Å². The van der Waals surface area contributed by atoms with Gasteiger partial charge in [0.15, 0.2) is 0 Å². The lowest BCUT2D eigenvalue weighted by molar-refractivity contribution is -0.116. The minimum atomic E-state index is -0.112. The average molecular weight is 459 g/mol. The number of hydrogen-bond donors (Lipinski definition) is 1. The number of carbonyl (C=O) groups excluding carboxylic acids is 2. The first-order valence-electron chi connectivity index (χ1n) is 11.3. The third kappa shape index (κ3) is 5.66. The van der Waals surface area contributed by atoms with E-state index in [9.17, 15) is 9.59 Å². The molecular weight excluding hydrogens is 428 g/mol. The Labute approximate surface area is 200 Å². The van der Waals surface area contributed by atoms with Crippen LogP contribution in [0.25, 0.3) is 0 Å². The fraction of sp³-hybridized carbons (Fsp3) is 0.286. The molecule has 1 N–H and O–H groups in total. The number of hydrogen-bond acceptors (Lipinski definition) is 3. The lowest BCUT2D eigenvalue weighted by Crippen LogP contribution is -2.28. The Morgan fingerprint density at radius 1 is 1.00 bits per heavy atom. The van der Waals surface area contributed by atoms with Crippen molar-refractivity contribution in [3.63, 3.8) is 0 Å². The van der Waals surface area contributed by atoms with Crippen LogP contribution in [0.2, 0.25) is 0 Å². The van der Waals surface area contributed by atoms with Crippen LogP contribution in [0, 0.1) is 0 Å². The molecule has 2 amide bonds. The van der Waals surface area contributed by atoms with Crippen LogP contribution in [0.15, 0.2) is 78.9 Å². The van der Waals surface area contributed by atoms with Crippen LogP contribution in [0.1, 0.15) is 49.3 Å². The van der Waals surface area contributed by atoms with Gasteiger partial charge in [0.2, 0.25) is 11.8 Å². The lowest BCUT2D eigenvalue weighted by atomic mass is 9.87. The predicted octanol–water partition coefficient (Wildman–Crippen LogP) is 6.33. The summed E-state index contributed by atoms with van der Waals surface area (Å²) in [6.07, 6.45) is 1.13. The van der Waals surface area contributed by atoms with Gasteiger partial charge in [0.1, 0.15) is 5.37 Å². The molecule has 0 aliphatic carbocycles. The molecule has 3 aromatic carbocycles. The predicted molar refractivity (Wildman–Crippen MR) is 138 cm³/mol. The molecule has 1 atom stereocenters. The maximum atomic E-state index is 12.8. The first-order valence-corrected chi connectivity index (χ1v) is 12.3. The number of amides is 2. The summed E-state index contributed by atoms with van der Waals surface area (Å²) in [6, 6.07) is 26.1. The quantitative estimate of drug-likeness (QED) is 0.469. The summed E-state index contributed by atoms with van der Waals surface area (Å²) in [7, 11) is 0. The Bertz CT molecular complexity index is 1120. The van der Waals surface area contributed by atoms with Crippen LogP contribution in [-0.2, 0) is 21.4 Å². The van der Waals surface area contributed by atoms with E-state index in [4.69, 9.17) is 0 Å². The maximum absolute atomic E-state index is 12.8. The molecule has 33 heavy (non-hydrogen) atoms. The summed E-state index contributed by atoms with van der Waals surface area (Å²) < 4.78 is 0. The second kappa shape index (κ2) is 9.84. The van der Waals surface area contributed by atoms with E-state index in [0.29, 0.717) is 18.6 Å².